The van der Waals surface area contributed by atoms with Crippen molar-refractivity contribution in [2.24, 2.45) is 5.73 Å². The van der Waals surface area contributed by atoms with Gasteiger partial charge in [0.25, 0.3) is 0 Å². The fourth-order valence-corrected chi connectivity index (χ4v) is 1.90. The molecule has 1 aromatic heterocycles. The highest BCUT2D eigenvalue weighted by Crippen LogP contribution is 2.31. The zero-order chi connectivity index (χ0) is 13.7. The minimum atomic E-state index is 0.450. The van der Waals surface area contributed by atoms with Crippen LogP contribution < -0.4 is 15.8 Å². The van der Waals surface area contributed by atoms with Crippen molar-refractivity contribution in [3.05, 3.63) is 47.7 Å². The van der Waals surface area contributed by atoms with Crippen molar-refractivity contribution in [1.29, 1.82) is 0 Å². The number of anilines is 2. The number of pyridine rings is 1. The van der Waals surface area contributed by atoms with Gasteiger partial charge in [0.2, 0.25) is 0 Å². The first-order valence-electron chi connectivity index (χ1n) is 6.39. The molecule has 0 saturated carbocycles. The number of nitrogens with two attached hydrogens (primary N) is 1. The van der Waals surface area contributed by atoms with Crippen LogP contribution in [-0.2, 0) is 6.54 Å². The second-order valence-corrected chi connectivity index (χ2v) is 4.27. The summed E-state index contributed by atoms with van der Waals surface area (Å²) in [6, 6.07) is 9.85. The Morgan fingerprint density at radius 2 is 2.16 bits per heavy atom. The Labute approximate surface area is 113 Å². The molecule has 0 aliphatic rings. The normalized spacial score (nSPS) is 10.3. The Morgan fingerprint density at radius 3 is 2.84 bits per heavy atom. The summed E-state index contributed by atoms with van der Waals surface area (Å²) in [5, 5.41) is 3.28. The lowest BCUT2D eigenvalue weighted by atomic mass is 10.1. The second-order valence-electron chi connectivity index (χ2n) is 4.27. The molecule has 0 radical (unpaired) electrons. The van der Waals surface area contributed by atoms with Gasteiger partial charge < -0.3 is 15.8 Å². The van der Waals surface area contributed by atoms with Gasteiger partial charge in [0, 0.05) is 18.3 Å². The molecule has 0 amide bonds. The summed E-state index contributed by atoms with van der Waals surface area (Å²) in [4.78, 5) is 4.29. The van der Waals surface area contributed by atoms with Gasteiger partial charge in [-0.25, -0.2) is 4.98 Å². The molecule has 1 aromatic carbocycles. The predicted octanol–water partition coefficient (Wildman–Crippen LogP) is 2.99. The smallest absolute Gasteiger partial charge is 0.147 e. The number of nitrogens with zero attached hydrogens (tertiary/aromatic N) is 1. The third kappa shape index (κ3) is 3.23. The number of hydrogen-bond acceptors (Lipinski definition) is 4. The van der Waals surface area contributed by atoms with Gasteiger partial charge in [-0.05, 0) is 37.6 Å². The first-order chi connectivity index (χ1) is 9.24. The maximum absolute atomic E-state index is 5.74. The van der Waals surface area contributed by atoms with Crippen LogP contribution in [0.25, 0.3) is 0 Å². The SMILES string of the molecule is CCOc1c(CN)cccc1Nc1cc(C)ccn1. The summed E-state index contributed by atoms with van der Waals surface area (Å²) in [7, 11) is 0. The standard InChI is InChI=1S/C15H19N3O/c1-3-19-15-12(10-16)5-4-6-13(15)18-14-9-11(2)7-8-17-14/h4-9H,3,10,16H2,1-2H3,(H,17,18). The Balaban J connectivity index is 2.33. The van der Waals surface area contributed by atoms with Crippen molar-refractivity contribution in [3.63, 3.8) is 0 Å². The zero-order valence-electron chi connectivity index (χ0n) is 11.3. The molecule has 3 N–H and O–H groups in total. The summed E-state index contributed by atoms with van der Waals surface area (Å²) in [5.41, 5.74) is 8.78. The highest BCUT2D eigenvalue weighted by atomic mass is 16.5. The molecule has 2 aromatic rings. The largest absolute Gasteiger partial charge is 0.491 e. The Hall–Kier alpha value is -2.07. The first kappa shape index (κ1) is 13.4. The number of nitrogens with one attached hydrogen (secondary N) is 1. The molecule has 0 fully saturated rings. The van der Waals surface area contributed by atoms with E-state index >= 15 is 0 Å². The van der Waals surface area contributed by atoms with Crippen LogP contribution >= 0.6 is 0 Å². The lowest BCUT2D eigenvalue weighted by Crippen LogP contribution is -2.05. The topological polar surface area (TPSA) is 60.2 Å². The van der Waals surface area contributed by atoms with E-state index in [0.29, 0.717) is 13.2 Å². The molecule has 19 heavy (non-hydrogen) atoms. The van der Waals surface area contributed by atoms with E-state index in [1.54, 1.807) is 6.20 Å². The lowest BCUT2D eigenvalue weighted by Gasteiger charge is -2.15. The van der Waals surface area contributed by atoms with Gasteiger partial charge >= 0.3 is 0 Å². The summed E-state index contributed by atoms with van der Waals surface area (Å²) in [6.45, 7) is 5.05. The van der Waals surface area contributed by atoms with Gasteiger partial charge in [0.05, 0.1) is 12.3 Å². The van der Waals surface area contributed by atoms with E-state index in [1.807, 2.05) is 44.2 Å². The molecule has 0 atom stereocenters. The van der Waals surface area contributed by atoms with Crippen molar-refractivity contribution in [3.8, 4) is 5.75 Å². The molecule has 0 spiro atoms. The van der Waals surface area contributed by atoms with E-state index in [-0.39, 0.29) is 0 Å². The lowest BCUT2D eigenvalue weighted by molar-refractivity contribution is 0.338. The van der Waals surface area contributed by atoms with E-state index in [9.17, 15) is 0 Å². The van der Waals surface area contributed by atoms with Crippen LogP contribution in [-0.4, -0.2) is 11.6 Å². The molecular weight excluding hydrogens is 238 g/mol. The van der Waals surface area contributed by atoms with E-state index in [0.717, 1.165) is 28.4 Å². The molecule has 2 rings (SSSR count). The van der Waals surface area contributed by atoms with Crippen LogP contribution in [0.5, 0.6) is 5.75 Å². The second kappa shape index (κ2) is 6.20. The van der Waals surface area contributed by atoms with Gasteiger partial charge in [-0.1, -0.05) is 12.1 Å². The molecule has 1 heterocycles. The van der Waals surface area contributed by atoms with Gasteiger partial charge in [-0.2, -0.15) is 0 Å². The van der Waals surface area contributed by atoms with Crippen LogP contribution in [0.4, 0.5) is 11.5 Å². The molecular formula is C15H19N3O. The van der Waals surface area contributed by atoms with Gasteiger partial charge in [0.1, 0.15) is 11.6 Å². The van der Waals surface area contributed by atoms with Gasteiger partial charge in [0.15, 0.2) is 0 Å². The summed E-state index contributed by atoms with van der Waals surface area (Å²) in [5.74, 6) is 1.60. The molecule has 0 unspecified atom stereocenters. The highest BCUT2D eigenvalue weighted by Gasteiger charge is 2.09. The fourth-order valence-electron chi connectivity index (χ4n) is 1.90. The average molecular weight is 257 g/mol. The summed E-state index contributed by atoms with van der Waals surface area (Å²) in [6.07, 6.45) is 1.78. The summed E-state index contributed by atoms with van der Waals surface area (Å²) < 4.78 is 5.69. The van der Waals surface area contributed by atoms with Crippen LogP contribution in [0, 0.1) is 6.92 Å². The van der Waals surface area contributed by atoms with Crippen LogP contribution in [0.15, 0.2) is 36.5 Å². The van der Waals surface area contributed by atoms with Crippen molar-refractivity contribution in [2.75, 3.05) is 11.9 Å². The van der Waals surface area contributed by atoms with Crippen molar-refractivity contribution >= 4 is 11.5 Å². The molecule has 0 bridgehead atoms. The number of ether oxygens (including phenoxy) is 1. The zero-order valence-corrected chi connectivity index (χ0v) is 11.3. The van der Waals surface area contributed by atoms with E-state index in [4.69, 9.17) is 10.5 Å². The molecule has 0 aliphatic carbocycles. The Kier molecular flexibility index (Phi) is 4.36. The van der Waals surface area contributed by atoms with Crippen molar-refractivity contribution in [1.82, 2.24) is 4.98 Å². The molecule has 4 nitrogen and oxygen atoms in total. The van der Waals surface area contributed by atoms with Crippen LogP contribution in [0.3, 0.4) is 0 Å². The van der Waals surface area contributed by atoms with E-state index < -0.39 is 0 Å². The number of rotatable bonds is 5. The molecule has 0 aliphatic heterocycles. The minimum Gasteiger partial charge on any atom is -0.491 e. The number of para-hydroxylation sites is 1. The van der Waals surface area contributed by atoms with Crippen LogP contribution in [0.1, 0.15) is 18.1 Å². The van der Waals surface area contributed by atoms with Gasteiger partial charge in [-0.15, -0.1) is 0 Å². The van der Waals surface area contributed by atoms with Crippen molar-refractivity contribution in [2.45, 2.75) is 20.4 Å². The van der Waals surface area contributed by atoms with Gasteiger partial charge in [-0.3, -0.25) is 0 Å². The Bertz CT molecular complexity index is 555. The fraction of sp³-hybridized carbons (Fsp3) is 0.267. The number of aryl methyl sites for hydroxylation is 1. The van der Waals surface area contributed by atoms with Crippen molar-refractivity contribution < 1.29 is 4.74 Å². The third-order valence-electron chi connectivity index (χ3n) is 2.78. The predicted molar refractivity (Wildman–Crippen MR) is 77.8 cm³/mol. The first-order valence-corrected chi connectivity index (χ1v) is 6.39. The van der Waals surface area contributed by atoms with Crippen LogP contribution in [0.2, 0.25) is 0 Å². The maximum Gasteiger partial charge on any atom is 0.147 e. The average Bonchev–Trinajstić information content (AvgIpc) is 2.41. The highest BCUT2D eigenvalue weighted by molar-refractivity contribution is 5.66. The number of hydrogen-bond donors (Lipinski definition) is 2. The molecule has 4 heteroatoms. The number of benzene rings is 1. The monoisotopic (exact) mass is 257 g/mol. The number of aromatic nitrogens is 1. The minimum absolute atomic E-state index is 0.450. The Morgan fingerprint density at radius 1 is 1.32 bits per heavy atom. The quantitative estimate of drug-likeness (QED) is 0.864. The molecule has 100 valence electrons. The third-order valence-corrected chi connectivity index (χ3v) is 2.78. The van der Waals surface area contributed by atoms with E-state index in [2.05, 4.69) is 10.3 Å². The maximum atomic E-state index is 5.74. The molecule has 0 saturated heterocycles. The van der Waals surface area contributed by atoms with E-state index in [1.165, 1.54) is 0 Å². The summed E-state index contributed by atoms with van der Waals surface area (Å²) >= 11 is 0.